The summed E-state index contributed by atoms with van der Waals surface area (Å²) in [5.41, 5.74) is 0. The monoisotopic (exact) mass is 270 g/mol. The number of nitrogens with zero attached hydrogens (tertiary/aromatic N) is 1. The zero-order chi connectivity index (χ0) is 14.2. The largest absolute Gasteiger partial charge is 0.465 e. The fourth-order valence-electron chi connectivity index (χ4n) is 1.13. The summed E-state index contributed by atoms with van der Waals surface area (Å²) in [4.78, 5) is 23.7. The average molecular weight is 270 g/mol. The summed E-state index contributed by atoms with van der Waals surface area (Å²) in [5, 5.41) is 1.73. The number of hydrogen-bond acceptors (Lipinski definition) is 4. The predicted octanol–water partition coefficient (Wildman–Crippen LogP) is 0.550. The summed E-state index contributed by atoms with van der Waals surface area (Å²) in [6, 6.07) is 0. The van der Waals surface area contributed by atoms with E-state index in [-0.39, 0.29) is 19.7 Å². The zero-order valence-electron chi connectivity index (χ0n) is 10.3. The molecule has 0 saturated heterocycles. The summed E-state index contributed by atoms with van der Waals surface area (Å²) in [7, 11) is 0. The Bertz CT molecular complexity index is 282. The van der Waals surface area contributed by atoms with Crippen LogP contribution in [0.15, 0.2) is 0 Å². The van der Waals surface area contributed by atoms with Crippen LogP contribution in [-0.4, -0.2) is 55.7 Å². The van der Waals surface area contributed by atoms with Crippen molar-refractivity contribution in [2.24, 2.45) is 0 Å². The molecule has 0 unspecified atom stereocenters. The number of alkyl halides is 3. The summed E-state index contributed by atoms with van der Waals surface area (Å²) in [6.07, 6.45) is -4.44. The lowest BCUT2D eigenvalue weighted by molar-refractivity contribution is -0.145. The van der Waals surface area contributed by atoms with Crippen LogP contribution < -0.4 is 5.32 Å². The van der Waals surface area contributed by atoms with Crippen LogP contribution in [0.3, 0.4) is 0 Å². The van der Waals surface area contributed by atoms with Crippen molar-refractivity contribution in [2.45, 2.75) is 20.0 Å². The van der Waals surface area contributed by atoms with Gasteiger partial charge < -0.3 is 10.1 Å². The van der Waals surface area contributed by atoms with Gasteiger partial charge in [-0.15, -0.1) is 0 Å². The van der Waals surface area contributed by atoms with Crippen molar-refractivity contribution in [3.63, 3.8) is 0 Å². The Morgan fingerprint density at radius 1 is 1.22 bits per heavy atom. The van der Waals surface area contributed by atoms with Crippen LogP contribution in [0.5, 0.6) is 0 Å². The highest BCUT2D eigenvalue weighted by Crippen LogP contribution is 2.11. The lowest BCUT2D eigenvalue weighted by Crippen LogP contribution is -2.42. The van der Waals surface area contributed by atoms with E-state index in [0.717, 1.165) is 0 Å². The third-order valence-corrected chi connectivity index (χ3v) is 1.96. The minimum atomic E-state index is -4.44. The maximum absolute atomic E-state index is 11.8. The lowest BCUT2D eigenvalue weighted by atomic mass is 10.4. The minimum absolute atomic E-state index is 0.121. The Labute approximate surface area is 103 Å². The molecule has 1 N–H and O–H groups in total. The Balaban J connectivity index is 4.04. The normalized spacial score (nSPS) is 11.4. The van der Waals surface area contributed by atoms with Gasteiger partial charge in [0.25, 0.3) is 0 Å². The molecule has 0 aromatic rings. The molecule has 0 aliphatic rings. The van der Waals surface area contributed by atoms with Crippen LogP contribution in [0.2, 0.25) is 0 Å². The first kappa shape index (κ1) is 16.7. The molecule has 0 heterocycles. The second-order valence-corrected chi connectivity index (χ2v) is 3.50. The van der Waals surface area contributed by atoms with E-state index < -0.39 is 24.6 Å². The van der Waals surface area contributed by atoms with E-state index in [0.29, 0.717) is 6.54 Å². The van der Waals surface area contributed by atoms with Gasteiger partial charge in [-0.25, -0.2) is 0 Å². The van der Waals surface area contributed by atoms with Crippen LogP contribution in [-0.2, 0) is 14.3 Å². The number of carbonyl (C=O) groups is 2. The van der Waals surface area contributed by atoms with Gasteiger partial charge >= 0.3 is 12.1 Å². The van der Waals surface area contributed by atoms with Crippen LogP contribution in [0, 0.1) is 0 Å². The molecule has 0 bridgehead atoms. The summed E-state index contributed by atoms with van der Waals surface area (Å²) in [6.45, 7) is 2.15. The van der Waals surface area contributed by atoms with E-state index >= 15 is 0 Å². The van der Waals surface area contributed by atoms with E-state index in [1.807, 2.05) is 0 Å². The van der Waals surface area contributed by atoms with Crippen LogP contribution in [0.25, 0.3) is 0 Å². The van der Waals surface area contributed by atoms with Crippen molar-refractivity contribution in [1.29, 1.82) is 0 Å². The van der Waals surface area contributed by atoms with Crippen molar-refractivity contribution >= 4 is 11.9 Å². The predicted molar refractivity (Wildman–Crippen MR) is 57.8 cm³/mol. The van der Waals surface area contributed by atoms with E-state index in [9.17, 15) is 22.8 Å². The van der Waals surface area contributed by atoms with Gasteiger partial charge in [-0.2, -0.15) is 13.2 Å². The molecular formula is C10H17F3N2O3. The smallest absolute Gasteiger partial charge is 0.405 e. The Morgan fingerprint density at radius 2 is 1.83 bits per heavy atom. The third kappa shape index (κ3) is 8.80. The standard InChI is InChI=1S/C10H17F3N2O3/c1-3-15(6-9(17)18-4-2)5-8(16)14-7-10(11,12)13/h3-7H2,1-2H3,(H,14,16). The summed E-state index contributed by atoms with van der Waals surface area (Å²) >= 11 is 0. The number of ether oxygens (including phenoxy) is 1. The number of halogens is 3. The van der Waals surface area contributed by atoms with Crippen molar-refractivity contribution in [2.75, 3.05) is 32.8 Å². The number of carbonyl (C=O) groups excluding carboxylic acids is 2. The molecule has 0 atom stereocenters. The molecule has 18 heavy (non-hydrogen) atoms. The number of rotatable bonds is 7. The quantitative estimate of drug-likeness (QED) is 0.686. The van der Waals surface area contributed by atoms with Crippen molar-refractivity contribution < 1.29 is 27.5 Å². The second-order valence-electron chi connectivity index (χ2n) is 3.50. The van der Waals surface area contributed by atoms with Gasteiger partial charge in [-0.1, -0.05) is 6.92 Å². The number of nitrogens with one attached hydrogen (secondary N) is 1. The Kier molecular flexibility index (Phi) is 7.33. The number of hydrogen-bond donors (Lipinski definition) is 1. The van der Waals surface area contributed by atoms with E-state index in [1.54, 1.807) is 19.2 Å². The first-order chi connectivity index (χ1) is 8.28. The fraction of sp³-hybridized carbons (Fsp3) is 0.800. The molecule has 106 valence electrons. The summed E-state index contributed by atoms with van der Waals surface area (Å²) in [5.74, 6) is -1.29. The first-order valence-electron chi connectivity index (χ1n) is 5.50. The van der Waals surface area contributed by atoms with Crippen LogP contribution in [0.4, 0.5) is 13.2 Å². The van der Waals surface area contributed by atoms with Crippen molar-refractivity contribution in [1.82, 2.24) is 10.2 Å². The minimum Gasteiger partial charge on any atom is -0.465 e. The van der Waals surface area contributed by atoms with Gasteiger partial charge in [0.2, 0.25) is 5.91 Å². The molecule has 0 aromatic carbocycles. The molecule has 0 aromatic heterocycles. The molecule has 0 saturated carbocycles. The molecule has 0 rings (SSSR count). The van der Waals surface area contributed by atoms with Gasteiger partial charge in [-0.3, -0.25) is 14.5 Å². The summed E-state index contributed by atoms with van der Waals surface area (Å²) < 4.78 is 40.2. The Morgan fingerprint density at radius 3 is 2.28 bits per heavy atom. The number of likely N-dealkylation sites (N-methyl/N-ethyl adjacent to an activating group) is 1. The highest BCUT2D eigenvalue weighted by atomic mass is 19.4. The van der Waals surface area contributed by atoms with Gasteiger partial charge in [0.15, 0.2) is 0 Å². The highest BCUT2D eigenvalue weighted by Gasteiger charge is 2.28. The SMILES string of the molecule is CCOC(=O)CN(CC)CC(=O)NCC(F)(F)F. The molecule has 0 aliphatic heterocycles. The highest BCUT2D eigenvalue weighted by molar-refractivity contribution is 5.79. The third-order valence-electron chi connectivity index (χ3n) is 1.96. The second kappa shape index (κ2) is 7.91. The lowest BCUT2D eigenvalue weighted by Gasteiger charge is -2.18. The molecule has 5 nitrogen and oxygen atoms in total. The molecule has 0 fully saturated rings. The van der Waals surface area contributed by atoms with Gasteiger partial charge in [0, 0.05) is 0 Å². The van der Waals surface area contributed by atoms with Crippen LogP contribution >= 0.6 is 0 Å². The molecular weight excluding hydrogens is 253 g/mol. The van der Waals surface area contributed by atoms with E-state index in [2.05, 4.69) is 4.74 Å². The zero-order valence-corrected chi connectivity index (χ0v) is 10.3. The maximum Gasteiger partial charge on any atom is 0.405 e. The topological polar surface area (TPSA) is 58.6 Å². The van der Waals surface area contributed by atoms with Gasteiger partial charge in [-0.05, 0) is 13.5 Å². The van der Waals surface area contributed by atoms with Gasteiger partial charge in [0.1, 0.15) is 6.54 Å². The van der Waals surface area contributed by atoms with E-state index in [4.69, 9.17) is 0 Å². The maximum atomic E-state index is 11.8. The average Bonchev–Trinajstić information content (AvgIpc) is 2.25. The molecule has 0 radical (unpaired) electrons. The molecule has 8 heteroatoms. The molecule has 0 spiro atoms. The van der Waals surface area contributed by atoms with Crippen molar-refractivity contribution in [3.05, 3.63) is 0 Å². The number of esters is 1. The first-order valence-corrected chi connectivity index (χ1v) is 5.50. The van der Waals surface area contributed by atoms with E-state index in [1.165, 1.54) is 4.90 Å². The van der Waals surface area contributed by atoms with Crippen molar-refractivity contribution in [3.8, 4) is 0 Å². The number of amides is 1. The fourth-order valence-corrected chi connectivity index (χ4v) is 1.13. The molecule has 1 amide bonds. The molecule has 0 aliphatic carbocycles. The van der Waals surface area contributed by atoms with Crippen LogP contribution in [0.1, 0.15) is 13.8 Å². The Hall–Kier alpha value is -1.31. The van der Waals surface area contributed by atoms with Gasteiger partial charge in [0.05, 0.1) is 19.7 Å².